The van der Waals surface area contributed by atoms with Gasteiger partial charge >= 0.3 is 46.7 Å². The molecule has 0 saturated heterocycles. The molecule has 0 aromatic heterocycles. The Morgan fingerprint density at radius 2 is 0.857 bits per heavy atom. The molecule has 6 atom stereocenters. The van der Waals surface area contributed by atoms with Crippen LogP contribution in [0.15, 0.2) is 146 Å². The van der Waals surface area contributed by atoms with Gasteiger partial charge in [-0.2, -0.15) is 26.3 Å². The van der Waals surface area contributed by atoms with Gasteiger partial charge in [0.15, 0.2) is 12.2 Å². The number of ether oxygens (including phenoxy) is 1. The van der Waals surface area contributed by atoms with Crippen LogP contribution in [0, 0.1) is 5.82 Å². The minimum Gasteiger partial charge on any atom is -0.324 e. The fourth-order valence-corrected chi connectivity index (χ4v) is 8.23. The SMILES string of the molecule is CC(F)(F)C(F)(F)C(OP(=O)(O)c1ccccc1)c1ccccc1.CC(OP(=O)(O)c1ccccc1)c1ccc(F)cc1.COC(F)(F)C(F)(F)C(OP(C)(=O)O)c1ccccc1. The topological polar surface area (TPSA) is 149 Å². The van der Waals surface area contributed by atoms with Crippen LogP contribution < -0.4 is 10.6 Å². The van der Waals surface area contributed by atoms with E-state index in [1.807, 2.05) is 0 Å². The van der Waals surface area contributed by atoms with Gasteiger partial charge in [-0.1, -0.05) is 109 Å². The van der Waals surface area contributed by atoms with Crippen LogP contribution in [0.1, 0.15) is 48.8 Å². The molecule has 22 heteroatoms. The molecule has 0 spiro atoms. The molecule has 0 bridgehead atoms. The molecule has 0 heterocycles. The van der Waals surface area contributed by atoms with Crippen LogP contribution in [0.4, 0.5) is 39.5 Å². The van der Waals surface area contributed by atoms with Crippen LogP contribution in [-0.4, -0.2) is 52.3 Å². The van der Waals surface area contributed by atoms with E-state index in [2.05, 4.69) is 13.8 Å². The van der Waals surface area contributed by atoms with E-state index in [9.17, 15) is 63.0 Å². The third-order valence-electron chi connectivity index (χ3n) is 8.45. The second-order valence-electron chi connectivity index (χ2n) is 13.5. The molecule has 0 saturated carbocycles. The average Bonchev–Trinajstić information content (AvgIpc) is 3.23. The maximum atomic E-state index is 14.2. The Morgan fingerprint density at radius 1 is 0.508 bits per heavy atom. The zero-order chi connectivity index (χ0) is 47.5. The quantitative estimate of drug-likeness (QED) is 0.0644. The lowest BCUT2D eigenvalue weighted by Crippen LogP contribution is -2.47. The van der Waals surface area contributed by atoms with Gasteiger partial charge in [-0.25, -0.2) is 13.2 Å². The van der Waals surface area contributed by atoms with E-state index < -0.39 is 65.0 Å². The minimum absolute atomic E-state index is 0.0388. The molecule has 0 fully saturated rings. The third-order valence-corrected chi connectivity index (χ3v) is 12.0. The lowest BCUT2D eigenvalue weighted by Gasteiger charge is -2.32. The Bertz CT molecular complexity index is 2310. The summed E-state index contributed by atoms with van der Waals surface area (Å²) in [6, 6.07) is 33.3. The molecule has 0 aliphatic heterocycles. The van der Waals surface area contributed by atoms with Crippen LogP contribution in [0.25, 0.3) is 0 Å². The summed E-state index contributed by atoms with van der Waals surface area (Å²) in [5.74, 6) is -14.3. The Labute approximate surface area is 356 Å². The molecule has 6 unspecified atom stereocenters. The second kappa shape index (κ2) is 21.7. The van der Waals surface area contributed by atoms with E-state index in [0.717, 1.165) is 24.3 Å². The van der Waals surface area contributed by atoms with Crippen molar-refractivity contribution in [1.82, 2.24) is 0 Å². The molecule has 3 N–H and O–H groups in total. The van der Waals surface area contributed by atoms with Crippen molar-refractivity contribution in [3.8, 4) is 0 Å². The van der Waals surface area contributed by atoms with Gasteiger partial charge in [-0.05, 0) is 60.0 Å². The molecule has 5 rings (SSSR count). The van der Waals surface area contributed by atoms with Crippen LogP contribution in [0.3, 0.4) is 0 Å². The predicted molar refractivity (Wildman–Crippen MR) is 216 cm³/mol. The number of hydrogen-bond donors (Lipinski definition) is 3. The third kappa shape index (κ3) is 15.0. The maximum Gasteiger partial charge on any atom is 0.422 e. The zero-order valence-corrected chi connectivity index (χ0v) is 36.2. The van der Waals surface area contributed by atoms with Crippen molar-refractivity contribution >= 4 is 33.4 Å². The Balaban J connectivity index is 0.000000254. The van der Waals surface area contributed by atoms with Crippen LogP contribution >= 0.6 is 22.8 Å². The summed E-state index contributed by atoms with van der Waals surface area (Å²) in [4.78, 5) is 29.0. The molecule has 5 aromatic carbocycles. The van der Waals surface area contributed by atoms with Crippen molar-refractivity contribution in [3.63, 3.8) is 0 Å². The normalized spacial score (nSPS) is 16.6. The highest BCUT2D eigenvalue weighted by Gasteiger charge is 2.64. The van der Waals surface area contributed by atoms with Gasteiger partial charge in [-0.3, -0.25) is 27.3 Å². The van der Waals surface area contributed by atoms with Gasteiger partial charge < -0.3 is 19.4 Å². The molecule has 344 valence electrons. The first-order valence-electron chi connectivity index (χ1n) is 18.1. The van der Waals surface area contributed by atoms with E-state index in [0.29, 0.717) is 19.3 Å². The first kappa shape index (κ1) is 53.2. The summed E-state index contributed by atoms with van der Waals surface area (Å²) in [5, 5.41) is -0.0230. The summed E-state index contributed by atoms with van der Waals surface area (Å²) >= 11 is 0. The predicted octanol–water partition coefficient (Wildman–Crippen LogP) is 11.4. The highest BCUT2D eigenvalue weighted by molar-refractivity contribution is 7.61. The second-order valence-corrected chi connectivity index (χ2v) is 18.8. The summed E-state index contributed by atoms with van der Waals surface area (Å²) in [7, 11) is -12.6. The van der Waals surface area contributed by atoms with E-state index in [1.54, 1.807) is 31.2 Å². The molecule has 10 nitrogen and oxygen atoms in total. The van der Waals surface area contributed by atoms with E-state index in [-0.39, 0.29) is 34.5 Å². The number of hydrogen-bond acceptors (Lipinski definition) is 7. The van der Waals surface area contributed by atoms with E-state index >= 15 is 0 Å². The minimum atomic E-state index is -4.86. The first-order valence-corrected chi connectivity index (χ1v) is 23.3. The fourth-order valence-electron chi connectivity index (χ4n) is 5.15. The smallest absolute Gasteiger partial charge is 0.324 e. The van der Waals surface area contributed by atoms with Crippen molar-refractivity contribution in [2.75, 3.05) is 13.8 Å². The van der Waals surface area contributed by atoms with Crippen molar-refractivity contribution in [1.29, 1.82) is 0 Å². The van der Waals surface area contributed by atoms with Crippen molar-refractivity contribution in [3.05, 3.63) is 168 Å². The van der Waals surface area contributed by atoms with Crippen molar-refractivity contribution < 1.29 is 86.2 Å². The molecule has 0 amide bonds. The maximum absolute atomic E-state index is 14.2. The summed E-state index contributed by atoms with van der Waals surface area (Å²) in [6.07, 6.45) is -10.7. The monoisotopic (exact) mass is 958 g/mol. The number of halogens is 9. The largest absolute Gasteiger partial charge is 0.422 e. The highest BCUT2D eigenvalue weighted by Crippen LogP contribution is 2.55. The van der Waals surface area contributed by atoms with E-state index in [4.69, 9.17) is 9.42 Å². The number of methoxy groups -OCH3 is 1. The molecule has 0 radical (unpaired) electrons. The molecular formula is C41H42F9O10P3. The summed E-state index contributed by atoms with van der Waals surface area (Å²) in [6.45, 7) is 2.32. The van der Waals surface area contributed by atoms with Crippen molar-refractivity contribution in [2.24, 2.45) is 0 Å². The van der Waals surface area contributed by atoms with Crippen LogP contribution in [0.2, 0.25) is 0 Å². The first-order chi connectivity index (χ1) is 29.1. The Kier molecular flexibility index (Phi) is 18.3. The van der Waals surface area contributed by atoms with Gasteiger partial charge in [0.05, 0.1) is 16.7 Å². The van der Waals surface area contributed by atoms with Crippen molar-refractivity contribution in [2.45, 2.75) is 56.0 Å². The summed E-state index contributed by atoms with van der Waals surface area (Å²) in [5.41, 5.74) is -0.0498. The number of benzene rings is 5. The van der Waals surface area contributed by atoms with Crippen LogP contribution in [0.5, 0.6) is 0 Å². The summed E-state index contributed by atoms with van der Waals surface area (Å²) < 4.78 is 176. The molecule has 63 heavy (non-hydrogen) atoms. The van der Waals surface area contributed by atoms with Gasteiger partial charge in [0.1, 0.15) is 5.82 Å². The highest BCUT2D eigenvalue weighted by atomic mass is 31.2. The molecule has 0 aliphatic rings. The van der Waals surface area contributed by atoms with Crippen LogP contribution in [-0.2, 0) is 32.0 Å². The zero-order valence-electron chi connectivity index (χ0n) is 33.5. The lowest BCUT2D eigenvalue weighted by atomic mass is 9.99. The van der Waals surface area contributed by atoms with E-state index in [1.165, 1.54) is 97.1 Å². The Hall–Kier alpha value is -4.12. The van der Waals surface area contributed by atoms with Gasteiger partial charge in [0.2, 0.25) is 0 Å². The fraction of sp³-hybridized carbons (Fsp3) is 0.268. The van der Waals surface area contributed by atoms with Gasteiger partial charge in [0.25, 0.3) is 0 Å². The molecule has 5 aromatic rings. The number of alkyl halides is 8. The average molecular weight is 959 g/mol. The standard InChI is InChI=1S/C16H15F4O3P.C14H14FO3P.C11H13F4O4P/c1-15(17,18)16(19,20)14(12-8-4-2-5-9-12)23-24(21,22)13-10-6-3-7-11-13;1-11(12-7-9-13(15)10-8-12)18-19(16,17)14-5-3-2-4-6-14;1-18-11(14,15)10(12,13)9(19-20(2,16)17)8-6-4-3-5-7-8/h2-11,14H,1H3,(H,21,22);2-11H,1H3,(H,16,17);3-7,9H,1-2H3,(H,16,17). The molecular weight excluding hydrogens is 916 g/mol. The number of rotatable bonds is 16. The van der Waals surface area contributed by atoms with Gasteiger partial charge in [-0.15, -0.1) is 0 Å². The lowest BCUT2D eigenvalue weighted by molar-refractivity contribution is -0.359. The molecule has 0 aliphatic carbocycles. The Morgan fingerprint density at radius 3 is 1.21 bits per heavy atom. The van der Waals surface area contributed by atoms with Gasteiger partial charge in [0, 0.05) is 20.7 Å².